The smallest absolute Gasteiger partial charge is 0.456 e. The third kappa shape index (κ3) is 4.33. The Morgan fingerprint density at radius 2 is 1.72 bits per heavy atom. The molecule has 1 aromatic heterocycles. The highest BCUT2D eigenvalue weighted by atomic mass is 19.4. The lowest BCUT2D eigenvalue weighted by atomic mass is 10.0. The molecule has 0 aliphatic carbocycles. The number of nitrogens with two attached hydrogens (primary N) is 1. The first kappa shape index (κ1) is 20.2. The van der Waals surface area contributed by atoms with E-state index in [0.29, 0.717) is 11.1 Å². The molecule has 0 bridgehead atoms. The average Bonchev–Trinajstić information content (AvgIpc) is 3.16. The van der Waals surface area contributed by atoms with E-state index in [0.717, 1.165) is 0 Å². The van der Waals surface area contributed by atoms with Crippen molar-refractivity contribution in [1.29, 1.82) is 0 Å². The molecule has 0 unspecified atom stereocenters. The van der Waals surface area contributed by atoms with Crippen molar-refractivity contribution in [2.75, 3.05) is 6.61 Å². The fourth-order valence-corrected chi connectivity index (χ4v) is 2.41. The SMILES string of the molecule is NC(=O)c1nc(-c2cccc(-c3ccccc3OCC(F)(F)C(F)(F)F)c2)n[nH]1. The highest BCUT2D eigenvalue weighted by molar-refractivity contribution is 5.89. The van der Waals surface area contributed by atoms with E-state index in [1.807, 2.05) is 0 Å². The number of rotatable bonds is 6. The Hall–Kier alpha value is -3.50. The summed E-state index contributed by atoms with van der Waals surface area (Å²) in [5, 5.41) is 6.24. The molecule has 0 aliphatic rings. The van der Waals surface area contributed by atoms with Crippen LogP contribution >= 0.6 is 0 Å². The molecule has 2 aromatic carbocycles. The zero-order valence-corrected chi connectivity index (χ0v) is 14.5. The van der Waals surface area contributed by atoms with E-state index >= 15 is 0 Å². The minimum absolute atomic E-state index is 0.150. The Kier molecular flexibility index (Phi) is 5.23. The van der Waals surface area contributed by atoms with Crippen molar-refractivity contribution in [3.63, 3.8) is 0 Å². The van der Waals surface area contributed by atoms with Crippen LogP contribution in [0.2, 0.25) is 0 Å². The number of alkyl halides is 5. The fraction of sp³-hybridized carbons (Fsp3) is 0.167. The summed E-state index contributed by atoms with van der Waals surface area (Å²) < 4.78 is 68.3. The largest absolute Gasteiger partial charge is 0.486 e. The summed E-state index contributed by atoms with van der Waals surface area (Å²) in [6, 6.07) is 12.2. The van der Waals surface area contributed by atoms with Gasteiger partial charge < -0.3 is 10.5 Å². The summed E-state index contributed by atoms with van der Waals surface area (Å²) in [5.41, 5.74) is 6.32. The second-order valence-electron chi connectivity index (χ2n) is 5.94. The molecule has 0 saturated carbocycles. The van der Waals surface area contributed by atoms with Crippen molar-refractivity contribution in [3.8, 4) is 28.3 Å². The van der Waals surface area contributed by atoms with Crippen molar-refractivity contribution in [1.82, 2.24) is 15.2 Å². The number of para-hydroxylation sites is 1. The van der Waals surface area contributed by atoms with Crippen molar-refractivity contribution in [2.24, 2.45) is 5.73 Å². The zero-order chi connectivity index (χ0) is 21.2. The number of hydrogen-bond acceptors (Lipinski definition) is 4. The zero-order valence-electron chi connectivity index (χ0n) is 14.5. The maximum atomic E-state index is 13.2. The summed E-state index contributed by atoms with van der Waals surface area (Å²) >= 11 is 0. The number of halogens is 5. The molecule has 3 rings (SSSR count). The summed E-state index contributed by atoms with van der Waals surface area (Å²) in [4.78, 5) is 15.1. The van der Waals surface area contributed by atoms with Gasteiger partial charge in [0.25, 0.3) is 5.91 Å². The standard InChI is InChI=1S/C18H13F5N4O2/c19-17(20,18(21,22)23)9-29-13-7-2-1-6-12(13)10-4-3-5-11(8-10)15-25-16(14(24)28)27-26-15/h1-8H,9H2,(H2,24,28)(H,25,26,27). The molecule has 0 spiro atoms. The van der Waals surface area contributed by atoms with E-state index in [-0.39, 0.29) is 23.0 Å². The molecule has 6 nitrogen and oxygen atoms in total. The van der Waals surface area contributed by atoms with Gasteiger partial charge in [0.05, 0.1) is 0 Å². The maximum Gasteiger partial charge on any atom is 0.456 e. The number of nitrogens with one attached hydrogen (secondary N) is 1. The second-order valence-corrected chi connectivity index (χ2v) is 5.94. The Labute approximate surface area is 160 Å². The Morgan fingerprint density at radius 1 is 1.03 bits per heavy atom. The number of aromatic amines is 1. The molecule has 0 radical (unpaired) electrons. The minimum atomic E-state index is -5.72. The maximum absolute atomic E-state index is 13.2. The first-order valence-corrected chi connectivity index (χ1v) is 8.08. The van der Waals surface area contributed by atoms with Gasteiger partial charge in [0.1, 0.15) is 5.75 Å². The first-order chi connectivity index (χ1) is 13.6. The second kappa shape index (κ2) is 7.49. The minimum Gasteiger partial charge on any atom is -0.486 e. The summed E-state index contributed by atoms with van der Waals surface area (Å²) in [7, 11) is 0. The number of nitrogens with zero attached hydrogens (tertiary/aromatic N) is 2. The molecule has 3 aromatic rings. The summed E-state index contributed by atoms with van der Waals surface area (Å²) in [5.74, 6) is -5.94. The lowest BCUT2D eigenvalue weighted by Gasteiger charge is -2.20. The van der Waals surface area contributed by atoms with Gasteiger partial charge in [-0.3, -0.25) is 9.89 Å². The number of hydrogen-bond donors (Lipinski definition) is 2. The van der Waals surface area contributed by atoms with Crippen molar-refractivity contribution >= 4 is 5.91 Å². The van der Waals surface area contributed by atoms with Crippen LogP contribution in [0.4, 0.5) is 22.0 Å². The van der Waals surface area contributed by atoms with Crippen molar-refractivity contribution in [2.45, 2.75) is 12.1 Å². The van der Waals surface area contributed by atoms with E-state index in [1.165, 1.54) is 18.2 Å². The van der Waals surface area contributed by atoms with Crippen LogP contribution in [-0.2, 0) is 0 Å². The molecule has 0 atom stereocenters. The summed E-state index contributed by atoms with van der Waals surface area (Å²) in [6.07, 6.45) is -5.72. The predicted molar refractivity (Wildman–Crippen MR) is 92.3 cm³/mol. The van der Waals surface area contributed by atoms with Crippen molar-refractivity contribution in [3.05, 3.63) is 54.4 Å². The van der Waals surface area contributed by atoms with Gasteiger partial charge in [-0.2, -0.15) is 27.1 Å². The highest BCUT2D eigenvalue weighted by Gasteiger charge is 2.58. The van der Waals surface area contributed by atoms with E-state index in [4.69, 9.17) is 10.5 Å². The number of ether oxygens (including phenoxy) is 1. The molecule has 0 aliphatic heterocycles. The highest BCUT2D eigenvalue weighted by Crippen LogP contribution is 2.37. The molecular weight excluding hydrogens is 399 g/mol. The van der Waals surface area contributed by atoms with E-state index in [1.54, 1.807) is 30.3 Å². The predicted octanol–water partition coefficient (Wildman–Crippen LogP) is 3.81. The van der Waals surface area contributed by atoms with E-state index in [9.17, 15) is 26.7 Å². The first-order valence-electron chi connectivity index (χ1n) is 8.08. The Bertz CT molecular complexity index is 1030. The average molecular weight is 412 g/mol. The third-order valence-electron chi connectivity index (χ3n) is 3.86. The molecule has 3 N–H and O–H groups in total. The molecule has 29 heavy (non-hydrogen) atoms. The van der Waals surface area contributed by atoms with Gasteiger partial charge in [-0.15, -0.1) is 0 Å². The van der Waals surface area contributed by atoms with Crippen LogP contribution < -0.4 is 10.5 Å². The van der Waals surface area contributed by atoms with Gasteiger partial charge in [-0.1, -0.05) is 36.4 Å². The normalized spacial score (nSPS) is 12.0. The number of benzene rings is 2. The number of carbonyl (C=O) groups is 1. The van der Waals surface area contributed by atoms with Crippen LogP contribution in [0, 0.1) is 0 Å². The van der Waals surface area contributed by atoms with Crippen LogP contribution in [0.25, 0.3) is 22.5 Å². The van der Waals surface area contributed by atoms with Gasteiger partial charge in [0.15, 0.2) is 12.4 Å². The van der Waals surface area contributed by atoms with Crippen LogP contribution in [0.3, 0.4) is 0 Å². The molecule has 1 heterocycles. The van der Waals surface area contributed by atoms with Gasteiger partial charge in [0.2, 0.25) is 5.82 Å². The van der Waals surface area contributed by atoms with Gasteiger partial charge in [-0.05, 0) is 17.7 Å². The lowest BCUT2D eigenvalue weighted by molar-refractivity contribution is -0.289. The third-order valence-corrected chi connectivity index (χ3v) is 3.86. The molecule has 152 valence electrons. The van der Waals surface area contributed by atoms with Gasteiger partial charge in [-0.25, -0.2) is 4.98 Å². The molecule has 11 heteroatoms. The van der Waals surface area contributed by atoms with Crippen LogP contribution in [0.1, 0.15) is 10.6 Å². The number of amides is 1. The quantitative estimate of drug-likeness (QED) is 0.602. The van der Waals surface area contributed by atoms with E-state index < -0.39 is 24.6 Å². The fourth-order valence-electron chi connectivity index (χ4n) is 2.41. The molecule has 0 fully saturated rings. The van der Waals surface area contributed by atoms with Crippen LogP contribution in [0.15, 0.2) is 48.5 Å². The molecule has 0 saturated heterocycles. The number of H-pyrrole nitrogens is 1. The van der Waals surface area contributed by atoms with Crippen molar-refractivity contribution < 1.29 is 31.5 Å². The van der Waals surface area contributed by atoms with Crippen LogP contribution in [0.5, 0.6) is 5.75 Å². The van der Waals surface area contributed by atoms with E-state index in [2.05, 4.69) is 15.2 Å². The Morgan fingerprint density at radius 3 is 2.38 bits per heavy atom. The number of primary amides is 1. The summed E-state index contributed by atoms with van der Waals surface area (Å²) in [6.45, 7) is -1.85. The number of aromatic nitrogens is 3. The molecular formula is C18H13F5N4O2. The van der Waals surface area contributed by atoms with Gasteiger partial charge >= 0.3 is 12.1 Å². The number of carbonyl (C=O) groups excluding carboxylic acids is 1. The lowest BCUT2D eigenvalue weighted by Crippen LogP contribution is -2.41. The molecule has 1 amide bonds. The topological polar surface area (TPSA) is 93.9 Å². The Balaban J connectivity index is 1.91. The van der Waals surface area contributed by atoms with Gasteiger partial charge in [0, 0.05) is 11.1 Å². The monoisotopic (exact) mass is 412 g/mol. The van der Waals surface area contributed by atoms with Crippen LogP contribution in [-0.4, -0.2) is 39.8 Å².